The Bertz CT molecular complexity index is 1130. The molecule has 6 nitrogen and oxygen atoms in total. The molecule has 7 heteroatoms. The number of nitrogens with one attached hydrogen (secondary N) is 1. The van der Waals surface area contributed by atoms with E-state index in [1.807, 2.05) is 7.05 Å². The summed E-state index contributed by atoms with van der Waals surface area (Å²) in [5.74, 6) is 1.90. The van der Waals surface area contributed by atoms with Crippen molar-refractivity contribution in [3.8, 4) is 5.75 Å². The predicted octanol–water partition coefficient (Wildman–Crippen LogP) is 4.52. The maximum atomic E-state index is 6.24. The van der Waals surface area contributed by atoms with Gasteiger partial charge in [0.2, 0.25) is 5.16 Å². The average Bonchev–Trinajstić information content (AvgIpc) is 3.20. The zero-order chi connectivity index (χ0) is 21.5. The minimum Gasteiger partial charge on any atom is -0.489 e. The topological polar surface area (TPSA) is 64.9 Å². The second-order valence-corrected chi connectivity index (χ2v) is 8.56. The molecule has 0 radical (unpaired) electrons. The monoisotopic (exact) mass is 433 g/mol. The molecular formula is C24H27N5OS. The molecule has 3 aromatic carbocycles. The molecule has 1 aromatic heterocycles. The standard InChI is InChI=1S/C24H27N5OS/c1-18-8-10-19(11-9-18)17-30-23-13-12-20-6-3-4-7-21(20)22(23)16-25-14-5-15-31-24-26-27-28-29(24)2/h3-4,6-13,25H,5,14-17H2,1-2H3. The number of hydrogen-bond donors (Lipinski definition) is 1. The van der Waals surface area contributed by atoms with Crippen molar-refractivity contribution < 1.29 is 4.74 Å². The summed E-state index contributed by atoms with van der Waals surface area (Å²) in [5, 5.41) is 18.4. The molecule has 1 heterocycles. The van der Waals surface area contributed by atoms with Gasteiger partial charge in [0.15, 0.2) is 0 Å². The first-order valence-corrected chi connectivity index (χ1v) is 11.4. The van der Waals surface area contributed by atoms with Crippen molar-refractivity contribution in [1.29, 1.82) is 0 Å². The van der Waals surface area contributed by atoms with Crippen LogP contribution in [-0.4, -0.2) is 32.5 Å². The molecule has 0 aliphatic carbocycles. The molecule has 0 atom stereocenters. The second kappa shape index (κ2) is 10.4. The van der Waals surface area contributed by atoms with Crippen LogP contribution < -0.4 is 10.1 Å². The fourth-order valence-corrected chi connectivity index (χ4v) is 4.19. The van der Waals surface area contributed by atoms with Crippen LogP contribution in [0.15, 0.2) is 65.8 Å². The molecule has 0 aliphatic heterocycles. The lowest BCUT2D eigenvalue weighted by atomic mass is 10.0. The van der Waals surface area contributed by atoms with Gasteiger partial charge in [0.05, 0.1) is 0 Å². The molecule has 0 unspecified atom stereocenters. The van der Waals surface area contributed by atoms with E-state index in [0.29, 0.717) is 6.61 Å². The lowest BCUT2D eigenvalue weighted by molar-refractivity contribution is 0.303. The van der Waals surface area contributed by atoms with Crippen molar-refractivity contribution in [2.24, 2.45) is 7.05 Å². The first kappa shape index (κ1) is 21.3. The Hall–Kier alpha value is -2.90. The predicted molar refractivity (Wildman–Crippen MR) is 125 cm³/mol. The van der Waals surface area contributed by atoms with Gasteiger partial charge in [-0.1, -0.05) is 71.9 Å². The smallest absolute Gasteiger partial charge is 0.209 e. The first-order valence-electron chi connectivity index (χ1n) is 10.5. The Labute approximate surface area is 187 Å². The van der Waals surface area contributed by atoms with Crippen LogP contribution in [0.3, 0.4) is 0 Å². The molecule has 31 heavy (non-hydrogen) atoms. The van der Waals surface area contributed by atoms with Gasteiger partial charge in [-0.05, 0) is 52.7 Å². The number of rotatable bonds is 10. The van der Waals surface area contributed by atoms with Gasteiger partial charge < -0.3 is 10.1 Å². The Morgan fingerprint density at radius 2 is 1.87 bits per heavy atom. The van der Waals surface area contributed by atoms with Crippen LogP contribution >= 0.6 is 11.8 Å². The van der Waals surface area contributed by atoms with E-state index in [0.717, 1.165) is 36.2 Å². The van der Waals surface area contributed by atoms with E-state index in [9.17, 15) is 0 Å². The average molecular weight is 434 g/mol. The normalized spacial score (nSPS) is 11.2. The van der Waals surface area contributed by atoms with E-state index < -0.39 is 0 Å². The van der Waals surface area contributed by atoms with E-state index >= 15 is 0 Å². The third kappa shape index (κ3) is 5.62. The number of hydrogen-bond acceptors (Lipinski definition) is 6. The van der Waals surface area contributed by atoms with E-state index in [4.69, 9.17) is 4.74 Å². The van der Waals surface area contributed by atoms with Crippen LogP contribution in [0.1, 0.15) is 23.1 Å². The third-order valence-corrected chi connectivity index (χ3v) is 6.22. The summed E-state index contributed by atoms with van der Waals surface area (Å²) in [6.07, 6.45) is 1.03. The quantitative estimate of drug-likeness (QED) is 0.293. The van der Waals surface area contributed by atoms with Crippen molar-refractivity contribution in [3.63, 3.8) is 0 Å². The Morgan fingerprint density at radius 3 is 2.68 bits per heavy atom. The van der Waals surface area contributed by atoms with E-state index in [1.54, 1.807) is 16.4 Å². The van der Waals surface area contributed by atoms with Gasteiger partial charge >= 0.3 is 0 Å². The highest BCUT2D eigenvalue weighted by atomic mass is 32.2. The zero-order valence-corrected chi connectivity index (χ0v) is 18.7. The number of aromatic nitrogens is 4. The maximum Gasteiger partial charge on any atom is 0.209 e. The van der Waals surface area contributed by atoms with Crippen molar-refractivity contribution in [2.75, 3.05) is 12.3 Å². The second-order valence-electron chi connectivity index (χ2n) is 7.50. The zero-order valence-electron chi connectivity index (χ0n) is 17.9. The van der Waals surface area contributed by atoms with Crippen molar-refractivity contribution in [1.82, 2.24) is 25.5 Å². The van der Waals surface area contributed by atoms with Gasteiger partial charge in [-0.3, -0.25) is 0 Å². The summed E-state index contributed by atoms with van der Waals surface area (Å²) in [4.78, 5) is 0. The molecule has 4 rings (SSSR count). The Morgan fingerprint density at radius 1 is 1.03 bits per heavy atom. The number of thioether (sulfide) groups is 1. The number of tetrazole rings is 1. The molecule has 0 bridgehead atoms. The number of nitrogens with zero attached hydrogens (tertiary/aromatic N) is 4. The summed E-state index contributed by atoms with van der Waals surface area (Å²) < 4.78 is 7.94. The lowest BCUT2D eigenvalue weighted by Crippen LogP contribution is -2.16. The van der Waals surface area contributed by atoms with Gasteiger partial charge in [-0.2, -0.15) is 0 Å². The fraction of sp³-hybridized carbons (Fsp3) is 0.292. The number of fused-ring (bicyclic) bond motifs is 1. The largest absolute Gasteiger partial charge is 0.489 e. The van der Waals surface area contributed by atoms with Gasteiger partial charge in [0, 0.05) is 24.9 Å². The molecule has 0 fully saturated rings. The van der Waals surface area contributed by atoms with Crippen LogP contribution in [0.5, 0.6) is 5.75 Å². The summed E-state index contributed by atoms with van der Waals surface area (Å²) in [7, 11) is 1.86. The Balaban J connectivity index is 1.38. The van der Waals surface area contributed by atoms with E-state index in [2.05, 4.69) is 88.4 Å². The van der Waals surface area contributed by atoms with Crippen LogP contribution in [-0.2, 0) is 20.2 Å². The molecule has 0 spiro atoms. The van der Waals surface area contributed by atoms with Crippen molar-refractivity contribution >= 4 is 22.5 Å². The third-order valence-electron chi connectivity index (χ3n) is 5.12. The fourth-order valence-electron chi connectivity index (χ4n) is 3.40. The SMILES string of the molecule is Cc1ccc(COc2ccc3ccccc3c2CNCCCSc2nnnn2C)cc1. The molecule has 0 aliphatic rings. The van der Waals surface area contributed by atoms with Crippen LogP contribution in [0.4, 0.5) is 0 Å². The maximum absolute atomic E-state index is 6.24. The van der Waals surface area contributed by atoms with E-state index in [1.165, 1.54) is 27.5 Å². The van der Waals surface area contributed by atoms with Crippen LogP contribution in [0.25, 0.3) is 10.8 Å². The number of aryl methyl sites for hydroxylation is 2. The highest BCUT2D eigenvalue weighted by Crippen LogP contribution is 2.29. The summed E-state index contributed by atoms with van der Waals surface area (Å²) >= 11 is 1.67. The molecule has 0 amide bonds. The van der Waals surface area contributed by atoms with Gasteiger partial charge in [0.25, 0.3) is 0 Å². The molecule has 160 valence electrons. The molecule has 1 N–H and O–H groups in total. The minimum absolute atomic E-state index is 0.563. The lowest BCUT2D eigenvalue weighted by Gasteiger charge is -2.15. The van der Waals surface area contributed by atoms with Crippen LogP contribution in [0.2, 0.25) is 0 Å². The summed E-state index contributed by atoms with van der Waals surface area (Å²) in [6, 6.07) is 21.2. The Kier molecular flexibility index (Phi) is 7.17. The summed E-state index contributed by atoms with van der Waals surface area (Å²) in [5.41, 5.74) is 3.64. The van der Waals surface area contributed by atoms with E-state index in [-0.39, 0.29) is 0 Å². The summed E-state index contributed by atoms with van der Waals surface area (Å²) in [6.45, 7) is 4.34. The number of benzene rings is 3. The van der Waals surface area contributed by atoms with Gasteiger partial charge in [0.1, 0.15) is 12.4 Å². The highest BCUT2D eigenvalue weighted by Gasteiger charge is 2.09. The number of ether oxygens (including phenoxy) is 1. The molecule has 0 saturated carbocycles. The van der Waals surface area contributed by atoms with Crippen molar-refractivity contribution in [3.05, 3.63) is 77.4 Å². The molecular weight excluding hydrogens is 406 g/mol. The van der Waals surface area contributed by atoms with Gasteiger partial charge in [-0.15, -0.1) is 5.10 Å². The van der Waals surface area contributed by atoms with Gasteiger partial charge in [-0.25, -0.2) is 4.68 Å². The highest BCUT2D eigenvalue weighted by molar-refractivity contribution is 7.99. The first-order chi connectivity index (χ1) is 15.2. The van der Waals surface area contributed by atoms with Crippen LogP contribution in [0, 0.1) is 6.92 Å². The minimum atomic E-state index is 0.563. The molecule has 4 aromatic rings. The van der Waals surface area contributed by atoms with Crippen molar-refractivity contribution in [2.45, 2.75) is 31.7 Å². The molecule has 0 saturated heterocycles.